The minimum atomic E-state index is -0.507. The van der Waals surface area contributed by atoms with Crippen molar-refractivity contribution in [3.8, 4) is 0 Å². The van der Waals surface area contributed by atoms with Crippen LogP contribution >= 0.6 is 0 Å². The van der Waals surface area contributed by atoms with Crippen LogP contribution in [0.25, 0.3) is 0 Å². The first-order valence-corrected chi connectivity index (χ1v) is 8.10. The van der Waals surface area contributed by atoms with Gasteiger partial charge in [0.2, 0.25) is 0 Å². The number of likely N-dealkylation sites (tertiary alicyclic amines) is 1. The molecule has 0 bridgehead atoms. The molecule has 0 amide bonds. The highest BCUT2D eigenvalue weighted by atomic mass is 16.3. The molecule has 3 nitrogen and oxygen atoms in total. The summed E-state index contributed by atoms with van der Waals surface area (Å²) < 4.78 is 0. The van der Waals surface area contributed by atoms with E-state index in [2.05, 4.69) is 42.3 Å². The number of hydrogen-bond donors (Lipinski definition) is 2. The van der Waals surface area contributed by atoms with Gasteiger partial charge in [-0.2, -0.15) is 0 Å². The van der Waals surface area contributed by atoms with E-state index in [9.17, 15) is 5.11 Å². The maximum absolute atomic E-state index is 10.2. The van der Waals surface area contributed by atoms with Crippen molar-refractivity contribution in [3.63, 3.8) is 0 Å². The molecule has 0 spiro atoms. The number of hydrogen-bond acceptors (Lipinski definition) is 3. The van der Waals surface area contributed by atoms with Crippen LogP contribution < -0.4 is 5.32 Å². The number of aliphatic hydroxyl groups is 1. The normalized spacial score (nSPS) is 25.0. The fourth-order valence-electron chi connectivity index (χ4n) is 3.51. The Morgan fingerprint density at radius 3 is 2.52 bits per heavy atom. The first-order valence-electron chi connectivity index (χ1n) is 8.10. The van der Waals surface area contributed by atoms with Crippen LogP contribution in [0.5, 0.6) is 0 Å². The lowest BCUT2D eigenvalue weighted by Crippen LogP contribution is -2.46. The van der Waals surface area contributed by atoms with Crippen molar-refractivity contribution in [2.75, 3.05) is 26.7 Å². The lowest BCUT2D eigenvalue weighted by atomic mass is 9.94. The Kier molecular flexibility index (Phi) is 5.42. The number of piperidine rings is 1. The smallest absolute Gasteiger partial charge is 0.0746 e. The predicted octanol–water partition coefficient (Wildman–Crippen LogP) is 2.80. The highest BCUT2D eigenvalue weighted by Gasteiger charge is 2.28. The van der Waals surface area contributed by atoms with Gasteiger partial charge in [0.15, 0.2) is 0 Å². The molecule has 118 valence electrons. The molecular formula is C18H30N2O. The van der Waals surface area contributed by atoms with Gasteiger partial charge in [-0.15, -0.1) is 0 Å². The number of benzene rings is 1. The second kappa shape index (κ2) is 6.91. The average molecular weight is 290 g/mol. The van der Waals surface area contributed by atoms with Crippen molar-refractivity contribution in [1.29, 1.82) is 0 Å². The zero-order chi connectivity index (χ0) is 15.5. The van der Waals surface area contributed by atoms with Gasteiger partial charge in [0.25, 0.3) is 0 Å². The Labute approximate surface area is 129 Å². The lowest BCUT2D eigenvalue weighted by Gasteiger charge is -2.37. The first kappa shape index (κ1) is 16.5. The molecule has 1 aliphatic heterocycles. The second-order valence-electron chi connectivity index (χ2n) is 6.93. The highest BCUT2D eigenvalue weighted by Crippen LogP contribution is 2.23. The Morgan fingerprint density at radius 2 is 1.95 bits per heavy atom. The molecule has 2 rings (SSSR count). The molecule has 2 N–H and O–H groups in total. The average Bonchev–Trinajstić information content (AvgIpc) is 2.37. The largest absolute Gasteiger partial charge is 0.389 e. The fourth-order valence-corrected chi connectivity index (χ4v) is 3.51. The SMILES string of the molecule is CNC(CCN1CCCC(C)(O)C1)c1cc(C)cc(C)c1. The third-order valence-electron chi connectivity index (χ3n) is 4.48. The highest BCUT2D eigenvalue weighted by molar-refractivity contribution is 5.30. The van der Waals surface area contributed by atoms with Crippen LogP contribution in [-0.2, 0) is 0 Å². The van der Waals surface area contributed by atoms with Gasteiger partial charge in [-0.05, 0) is 59.2 Å². The summed E-state index contributed by atoms with van der Waals surface area (Å²) in [6, 6.07) is 7.16. The Bertz CT molecular complexity index is 450. The molecule has 1 fully saturated rings. The minimum Gasteiger partial charge on any atom is -0.389 e. The van der Waals surface area contributed by atoms with Crippen molar-refractivity contribution < 1.29 is 5.11 Å². The van der Waals surface area contributed by atoms with Crippen molar-refractivity contribution in [3.05, 3.63) is 34.9 Å². The van der Waals surface area contributed by atoms with Crippen LogP contribution in [-0.4, -0.2) is 42.3 Å². The summed E-state index contributed by atoms with van der Waals surface area (Å²) in [6.07, 6.45) is 3.10. The monoisotopic (exact) mass is 290 g/mol. The third-order valence-corrected chi connectivity index (χ3v) is 4.48. The molecule has 1 aromatic rings. The maximum atomic E-state index is 10.2. The van der Waals surface area contributed by atoms with Gasteiger partial charge in [-0.1, -0.05) is 29.3 Å². The molecular weight excluding hydrogens is 260 g/mol. The van der Waals surface area contributed by atoms with Gasteiger partial charge in [0.1, 0.15) is 0 Å². The van der Waals surface area contributed by atoms with Crippen molar-refractivity contribution >= 4 is 0 Å². The summed E-state index contributed by atoms with van der Waals surface area (Å²) in [5.74, 6) is 0. The van der Waals surface area contributed by atoms with Crippen molar-refractivity contribution in [2.45, 2.75) is 51.7 Å². The molecule has 1 aromatic carbocycles. The van der Waals surface area contributed by atoms with Gasteiger partial charge < -0.3 is 15.3 Å². The maximum Gasteiger partial charge on any atom is 0.0746 e. The Balaban J connectivity index is 1.96. The van der Waals surface area contributed by atoms with E-state index in [0.717, 1.165) is 38.9 Å². The molecule has 0 aliphatic carbocycles. The topological polar surface area (TPSA) is 35.5 Å². The molecule has 0 saturated carbocycles. The number of rotatable bonds is 5. The number of β-amino-alcohol motifs (C(OH)–C–C–N with tert-alkyl or cyclic N) is 1. The standard InChI is InChI=1S/C18H30N2O/c1-14-10-15(2)12-16(11-14)17(19-4)6-9-20-8-5-7-18(3,21)13-20/h10-12,17,19,21H,5-9,13H2,1-4H3. The minimum absolute atomic E-state index is 0.385. The van der Waals surface area contributed by atoms with E-state index < -0.39 is 5.60 Å². The fraction of sp³-hybridized carbons (Fsp3) is 0.667. The van der Waals surface area contributed by atoms with Gasteiger partial charge >= 0.3 is 0 Å². The van der Waals surface area contributed by atoms with Crippen LogP contribution in [0.1, 0.15) is 48.9 Å². The lowest BCUT2D eigenvalue weighted by molar-refractivity contribution is -0.0163. The van der Waals surface area contributed by atoms with Crippen molar-refractivity contribution in [2.24, 2.45) is 0 Å². The van der Waals surface area contributed by atoms with E-state index in [4.69, 9.17) is 0 Å². The number of aryl methyl sites for hydroxylation is 2. The molecule has 0 radical (unpaired) electrons. The predicted molar refractivity (Wildman–Crippen MR) is 88.6 cm³/mol. The second-order valence-corrected chi connectivity index (χ2v) is 6.93. The number of nitrogens with one attached hydrogen (secondary N) is 1. The Morgan fingerprint density at radius 1 is 1.29 bits per heavy atom. The van der Waals surface area contributed by atoms with E-state index in [1.165, 1.54) is 16.7 Å². The number of nitrogens with zero attached hydrogens (tertiary/aromatic N) is 1. The molecule has 1 heterocycles. The summed E-state index contributed by atoms with van der Waals surface area (Å²) in [5.41, 5.74) is 3.52. The molecule has 3 heteroatoms. The summed E-state index contributed by atoms with van der Waals surface area (Å²) in [7, 11) is 2.04. The van der Waals surface area contributed by atoms with Gasteiger partial charge in [-0.3, -0.25) is 0 Å². The summed E-state index contributed by atoms with van der Waals surface area (Å²) in [5, 5.41) is 13.6. The van der Waals surface area contributed by atoms with Crippen LogP contribution in [0.2, 0.25) is 0 Å². The van der Waals surface area contributed by atoms with E-state index in [0.29, 0.717) is 6.04 Å². The summed E-state index contributed by atoms with van der Waals surface area (Å²) in [4.78, 5) is 2.40. The van der Waals surface area contributed by atoms with Gasteiger partial charge in [0.05, 0.1) is 5.60 Å². The molecule has 21 heavy (non-hydrogen) atoms. The van der Waals surface area contributed by atoms with E-state index in [1.54, 1.807) is 0 Å². The molecule has 2 unspecified atom stereocenters. The third kappa shape index (κ3) is 4.80. The van der Waals surface area contributed by atoms with Crippen molar-refractivity contribution in [1.82, 2.24) is 10.2 Å². The summed E-state index contributed by atoms with van der Waals surface area (Å²) >= 11 is 0. The first-order chi connectivity index (χ1) is 9.89. The van der Waals surface area contributed by atoms with Gasteiger partial charge in [0, 0.05) is 19.1 Å². The van der Waals surface area contributed by atoms with E-state index in [1.807, 2.05) is 14.0 Å². The quantitative estimate of drug-likeness (QED) is 0.875. The summed E-state index contributed by atoms with van der Waals surface area (Å²) in [6.45, 7) is 9.22. The zero-order valence-corrected chi connectivity index (χ0v) is 13.9. The molecule has 2 atom stereocenters. The van der Waals surface area contributed by atoms with E-state index >= 15 is 0 Å². The van der Waals surface area contributed by atoms with Gasteiger partial charge in [-0.25, -0.2) is 0 Å². The zero-order valence-electron chi connectivity index (χ0n) is 13.9. The molecule has 1 aliphatic rings. The Hall–Kier alpha value is -0.900. The molecule has 1 saturated heterocycles. The van der Waals surface area contributed by atoms with Crippen LogP contribution in [0.3, 0.4) is 0 Å². The van der Waals surface area contributed by atoms with E-state index in [-0.39, 0.29) is 0 Å². The van der Waals surface area contributed by atoms with Crippen LogP contribution in [0.4, 0.5) is 0 Å². The van der Waals surface area contributed by atoms with Crippen LogP contribution in [0, 0.1) is 13.8 Å². The van der Waals surface area contributed by atoms with Crippen LogP contribution in [0.15, 0.2) is 18.2 Å². The molecule has 0 aromatic heterocycles.